The molecule has 0 unspecified atom stereocenters. The summed E-state index contributed by atoms with van der Waals surface area (Å²) in [4.78, 5) is 0. The predicted octanol–water partition coefficient (Wildman–Crippen LogP) is 2.97. The molecule has 0 saturated heterocycles. The Morgan fingerprint density at radius 1 is 1.07 bits per heavy atom. The van der Waals surface area contributed by atoms with E-state index in [4.69, 9.17) is 4.74 Å². The highest BCUT2D eigenvalue weighted by molar-refractivity contribution is 4.78. The second-order valence-corrected chi connectivity index (χ2v) is 5.42. The molecule has 1 rings (SSSR count). The molecule has 2 nitrogen and oxygen atoms in total. The molecule has 2 heteroatoms. The van der Waals surface area contributed by atoms with Gasteiger partial charge in [0.1, 0.15) is 0 Å². The quantitative estimate of drug-likeness (QED) is 0.758. The number of hydrogen-bond acceptors (Lipinski definition) is 2. The van der Waals surface area contributed by atoms with Gasteiger partial charge in [-0.3, -0.25) is 0 Å². The van der Waals surface area contributed by atoms with Gasteiger partial charge in [0.2, 0.25) is 0 Å². The van der Waals surface area contributed by atoms with Gasteiger partial charge in [-0.2, -0.15) is 0 Å². The number of rotatable bonds is 5. The fourth-order valence-corrected chi connectivity index (χ4v) is 2.30. The largest absolute Gasteiger partial charge is 0.379 e. The number of ether oxygens (including phenoxy) is 1. The average molecular weight is 213 g/mol. The molecular weight excluding hydrogens is 186 g/mol. The normalized spacial score (nSPS) is 27.6. The highest BCUT2D eigenvalue weighted by atomic mass is 16.5. The zero-order valence-electron chi connectivity index (χ0n) is 10.8. The molecule has 0 aliphatic heterocycles. The van der Waals surface area contributed by atoms with Gasteiger partial charge in [0.05, 0.1) is 6.10 Å². The summed E-state index contributed by atoms with van der Waals surface area (Å²) in [6.07, 6.45) is 5.69. The van der Waals surface area contributed by atoms with Crippen LogP contribution in [-0.4, -0.2) is 24.8 Å². The van der Waals surface area contributed by atoms with Crippen LogP contribution in [-0.2, 0) is 4.74 Å². The highest BCUT2D eigenvalue weighted by Crippen LogP contribution is 2.25. The molecule has 1 saturated carbocycles. The minimum atomic E-state index is 0.386. The summed E-state index contributed by atoms with van der Waals surface area (Å²) in [5.74, 6) is 0.803. The lowest BCUT2D eigenvalue weighted by molar-refractivity contribution is 0.0384. The Morgan fingerprint density at radius 3 is 2.13 bits per heavy atom. The van der Waals surface area contributed by atoms with E-state index in [0.29, 0.717) is 12.1 Å². The maximum absolute atomic E-state index is 5.68. The average Bonchev–Trinajstić information content (AvgIpc) is 2.16. The minimum Gasteiger partial charge on any atom is -0.379 e. The molecule has 0 amide bonds. The van der Waals surface area contributed by atoms with Crippen LogP contribution >= 0.6 is 0 Å². The molecule has 15 heavy (non-hydrogen) atoms. The van der Waals surface area contributed by atoms with Crippen LogP contribution in [0.5, 0.6) is 0 Å². The van der Waals surface area contributed by atoms with E-state index in [2.05, 4.69) is 33.0 Å². The van der Waals surface area contributed by atoms with E-state index < -0.39 is 0 Å². The summed E-state index contributed by atoms with van der Waals surface area (Å²) < 4.78 is 5.68. The zero-order chi connectivity index (χ0) is 11.3. The first-order valence-corrected chi connectivity index (χ1v) is 6.45. The molecule has 0 aromatic rings. The van der Waals surface area contributed by atoms with E-state index in [1.807, 2.05) is 0 Å². The number of nitrogens with one attached hydrogen (secondary N) is 1. The van der Waals surface area contributed by atoms with Crippen molar-refractivity contribution in [1.82, 2.24) is 5.32 Å². The molecule has 0 heterocycles. The van der Waals surface area contributed by atoms with Crippen molar-refractivity contribution in [2.45, 2.75) is 71.6 Å². The lowest BCUT2D eigenvalue weighted by atomic mass is 9.86. The van der Waals surface area contributed by atoms with Crippen molar-refractivity contribution in [3.63, 3.8) is 0 Å². The molecular formula is C13H27NO. The van der Waals surface area contributed by atoms with Gasteiger partial charge in [0.25, 0.3) is 0 Å². The van der Waals surface area contributed by atoms with Gasteiger partial charge in [-0.25, -0.2) is 0 Å². The van der Waals surface area contributed by atoms with E-state index in [1.165, 1.54) is 25.7 Å². The third kappa shape index (κ3) is 5.53. The summed E-state index contributed by atoms with van der Waals surface area (Å²) in [5.41, 5.74) is 0. The Bertz CT molecular complexity index is 160. The third-order valence-corrected chi connectivity index (χ3v) is 3.08. The summed E-state index contributed by atoms with van der Waals surface area (Å²) in [7, 11) is 0. The molecule has 0 aromatic heterocycles. The predicted molar refractivity (Wildman–Crippen MR) is 65.1 cm³/mol. The van der Waals surface area contributed by atoms with E-state index in [9.17, 15) is 0 Å². The van der Waals surface area contributed by atoms with Crippen molar-refractivity contribution in [3.8, 4) is 0 Å². The Balaban J connectivity index is 2.12. The monoisotopic (exact) mass is 213 g/mol. The first-order chi connectivity index (χ1) is 7.08. The summed E-state index contributed by atoms with van der Waals surface area (Å²) in [6.45, 7) is 9.66. The van der Waals surface area contributed by atoms with Crippen molar-refractivity contribution < 1.29 is 4.74 Å². The van der Waals surface area contributed by atoms with E-state index in [-0.39, 0.29) is 0 Å². The molecule has 0 aromatic carbocycles. The summed E-state index contributed by atoms with van der Waals surface area (Å²) >= 11 is 0. The molecule has 1 fully saturated rings. The fraction of sp³-hybridized carbons (Fsp3) is 1.00. The molecule has 0 spiro atoms. The summed E-state index contributed by atoms with van der Waals surface area (Å²) in [5, 5.41) is 3.63. The Kier molecular flexibility index (Phi) is 5.62. The van der Waals surface area contributed by atoms with Gasteiger partial charge in [0.15, 0.2) is 0 Å². The first-order valence-electron chi connectivity index (χ1n) is 6.45. The zero-order valence-corrected chi connectivity index (χ0v) is 10.8. The smallest absolute Gasteiger partial charge is 0.0519 e. The summed E-state index contributed by atoms with van der Waals surface area (Å²) in [6, 6.07) is 1.37. The molecule has 90 valence electrons. The van der Waals surface area contributed by atoms with E-state index >= 15 is 0 Å². The Morgan fingerprint density at radius 2 is 1.67 bits per heavy atom. The van der Waals surface area contributed by atoms with Gasteiger partial charge in [-0.15, -0.1) is 0 Å². The number of hydrogen-bond donors (Lipinski definition) is 1. The van der Waals surface area contributed by atoms with Crippen LogP contribution in [0.1, 0.15) is 53.4 Å². The van der Waals surface area contributed by atoms with E-state index in [0.717, 1.165) is 18.6 Å². The van der Waals surface area contributed by atoms with Crippen LogP contribution in [0, 0.1) is 5.92 Å². The topological polar surface area (TPSA) is 21.3 Å². The van der Waals surface area contributed by atoms with Crippen molar-refractivity contribution in [2.75, 3.05) is 6.61 Å². The molecule has 1 aliphatic carbocycles. The van der Waals surface area contributed by atoms with Crippen LogP contribution in [0.4, 0.5) is 0 Å². The standard InChI is InChI=1S/C13H27NO/c1-10(2)14-13-7-5-12(6-8-13)9-15-11(3)4/h10-14H,5-9H2,1-4H3. The molecule has 0 bridgehead atoms. The lowest BCUT2D eigenvalue weighted by Gasteiger charge is -2.30. The second kappa shape index (κ2) is 6.49. The molecule has 0 atom stereocenters. The third-order valence-electron chi connectivity index (χ3n) is 3.08. The van der Waals surface area contributed by atoms with Crippen LogP contribution in [0.2, 0.25) is 0 Å². The molecule has 1 N–H and O–H groups in total. The van der Waals surface area contributed by atoms with Crippen LogP contribution in [0.15, 0.2) is 0 Å². The van der Waals surface area contributed by atoms with Crippen molar-refractivity contribution >= 4 is 0 Å². The van der Waals surface area contributed by atoms with Crippen molar-refractivity contribution in [1.29, 1.82) is 0 Å². The lowest BCUT2D eigenvalue weighted by Crippen LogP contribution is -2.38. The second-order valence-electron chi connectivity index (χ2n) is 5.42. The maximum Gasteiger partial charge on any atom is 0.0519 e. The van der Waals surface area contributed by atoms with Crippen LogP contribution in [0.3, 0.4) is 0 Å². The van der Waals surface area contributed by atoms with Gasteiger partial charge >= 0.3 is 0 Å². The van der Waals surface area contributed by atoms with Crippen LogP contribution < -0.4 is 5.32 Å². The van der Waals surface area contributed by atoms with Gasteiger partial charge in [0, 0.05) is 18.7 Å². The van der Waals surface area contributed by atoms with Crippen molar-refractivity contribution in [3.05, 3.63) is 0 Å². The minimum absolute atomic E-state index is 0.386. The van der Waals surface area contributed by atoms with Gasteiger partial charge in [-0.05, 0) is 45.4 Å². The highest BCUT2D eigenvalue weighted by Gasteiger charge is 2.21. The Labute approximate surface area is 94.8 Å². The maximum atomic E-state index is 5.68. The Hall–Kier alpha value is -0.0800. The molecule has 0 radical (unpaired) electrons. The van der Waals surface area contributed by atoms with Crippen LogP contribution in [0.25, 0.3) is 0 Å². The van der Waals surface area contributed by atoms with E-state index in [1.54, 1.807) is 0 Å². The SMILES string of the molecule is CC(C)NC1CCC(COC(C)C)CC1. The fourth-order valence-electron chi connectivity index (χ4n) is 2.30. The molecule has 1 aliphatic rings. The van der Waals surface area contributed by atoms with Gasteiger partial charge in [-0.1, -0.05) is 13.8 Å². The van der Waals surface area contributed by atoms with Gasteiger partial charge < -0.3 is 10.1 Å². The first kappa shape index (κ1) is 13.0. The van der Waals surface area contributed by atoms with Crippen molar-refractivity contribution in [2.24, 2.45) is 5.92 Å².